The molecule has 2 heteroatoms. The predicted molar refractivity (Wildman–Crippen MR) is 43.6 cm³/mol. The van der Waals surface area contributed by atoms with E-state index >= 15 is 0 Å². The summed E-state index contributed by atoms with van der Waals surface area (Å²) in [5.41, 5.74) is 12.0. The van der Waals surface area contributed by atoms with E-state index in [4.69, 9.17) is 11.5 Å². The third-order valence-corrected chi connectivity index (χ3v) is 3.19. The number of rotatable bonds is 3. The molecule has 0 atom stereocenters. The van der Waals surface area contributed by atoms with Crippen molar-refractivity contribution in [2.75, 3.05) is 13.1 Å². The molecule has 2 nitrogen and oxygen atoms in total. The minimum absolute atomic E-state index is 0.252. The van der Waals surface area contributed by atoms with Gasteiger partial charge in [0.15, 0.2) is 0 Å². The van der Waals surface area contributed by atoms with E-state index in [0.29, 0.717) is 5.41 Å². The van der Waals surface area contributed by atoms with Gasteiger partial charge < -0.3 is 11.5 Å². The Hall–Kier alpha value is -0.0800. The van der Waals surface area contributed by atoms with Crippen molar-refractivity contribution >= 4 is 0 Å². The summed E-state index contributed by atoms with van der Waals surface area (Å²) in [6.45, 7) is 5.99. The summed E-state index contributed by atoms with van der Waals surface area (Å²) in [4.78, 5) is 0. The minimum Gasteiger partial charge on any atom is -0.330 e. The Labute approximate surface area is 63.0 Å². The van der Waals surface area contributed by atoms with Crippen molar-refractivity contribution in [3.8, 4) is 0 Å². The van der Waals surface area contributed by atoms with Crippen LogP contribution < -0.4 is 11.5 Å². The average Bonchev–Trinajstić information content (AvgIpc) is 2.67. The van der Waals surface area contributed by atoms with Crippen LogP contribution in [-0.2, 0) is 0 Å². The van der Waals surface area contributed by atoms with Gasteiger partial charge in [0.2, 0.25) is 0 Å². The van der Waals surface area contributed by atoms with E-state index < -0.39 is 0 Å². The molecule has 0 unspecified atom stereocenters. The molecule has 60 valence electrons. The van der Waals surface area contributed by atoms with E-state index in [1.54, 1.807) is 0 Å². The summed E-state index contributed by atoms with van der Waals surface area (Å²) in [5.74, 6) is 0. The second-order valence-corrected chi connectivity index (χ2v) is 4.07. The summed E-state index contributed by atoms with van der Waals surface area (Å²) in [6.07, 6.45) is 2.54. The first-order valence-electron chi connectivity index (χ1n) is 3.98. The highest BCUT2D eigenvalue weighted by molar-refractivity contribution is 5.04. The van der Waals surface area contributed by atoms with E-state index in [-0.39, 0.29) is 5.41 Å². The predicted octanol–water partition coefficient (Wildman–Crippen LogP) is 0.710. The zero-order valence-corrected chi connectivity index (χ0v) is 6.98. The van der Waals surface area contributed by atoms with Crippen LogP contribution in [0.4, 0.5) is 0 Å². The number of hydrogen-bond acceptors (Lipinski definition) is 2. The Balaban J connectivity index is 2.62. The molecular weight excluding hydrogens is 124 g/mol. The van der Waals surface area contributed by atoms with Gasteiger partial charge in [0.05, 0.1) is 0 Å². The maximum Gasteiger partial charge on any atom is -0.00149 e. The van der Waals surface area contributed by atoms with Gasteiger partial charge in [-0.2, -0.15) is 0 Å². The van der Waals surface area contributed by atoms with Gasteiger partial charge in [0.1, 0.15) is 0 Å². The lowest BCUT2D eigenvalue weighted by atomic mass is 9.76. The molecule has 0 aliphatic heterocycles. The molecule has 0 radical (unpaired) electrons. The van der Waals surface area contributed by atoms with Crippen molar-refractivity contribution in [1.29, 1.82) is 0 Å². The first-order chi connectivity index (χ1) is 4.58. The minimum atomic E-state index is 0.252. The zero-order chi connectivity index (χ0) is 7.83. The van der Waals surface area contributed by atoms with Gasteiger partial charge in [0.25, 0.3) is 0 Å². The standard InChI is InChI=1S/C8H18N2/c1-7(2,5-9)8(6-10)3-4-8/h3-6,9-10H2,1-2H3. The maximum absolute atomic E-state index is 5.67. The van der Waals surface area contributed by atoms with Crippen LogP contribution >= 0.6 is 0 Å². The van der Waals surface area contributed by atoms with E-state index in [1.807, 2.05) is 0 Å². The summed E-state index contributed by atoms with van der Waals surface area (Å²) in [5, 5.41) is 0. The highest BCUT2D eigenvalue weighted by Gasteiger charge is 2.52. The smallest absolute Gasteiger partial charge is 0.00149 e. The summed E-state index contributed by atoms with van der Waals surface area (Å²) < 4.78 is 0. The van der Waals surface area contributed by atoms with Crippen LogP contribution in [0.3, 0.4) is 0 Å². The number of nitrogens with two attached hydrogens (primary N) is 2. The summed E-state index contributed by atoms with van der Waals surface area (Å²) >= 11 is 0. The molecule has 1 rings (SSSR count). The molecule has 4 N–H and O–H groups in total. The normalized spacial score (nSPS) is 22.8. The quantitative estimate of drug-likeness (QED) is 0.609. The van der Waals surface area contributed by atoms with E-state index in [9.17, 15) is 0 Å². The lowest BCUT2D eigenvalue weighted by Gasteiger charge is -2.32. The van der Waals surface area contributed by atoms with E-state index in [0.717, 1.165) is 13.1 Å². The lowest BCUT2D eigenvalue weighted by molar-refractivity contribution is 0.204. The highest BCUT2D eigenvalue weighted by atomic mass is 14.7. The zero-order valence-electron chi connectivity index (χ0n) is 6.98. The molecule has 0 bridgehead atoms. The molecular formula is C8H18N2. The van der Waals surface area contributed by atoms with Crippen LogP contribution in [0.5, 0.6) is 0 Å². The van der Waals surface area contributed by atoms with Crippen molar-refractivity contribution in [1.82, 2.24) is 0 Å². The Morgan fingerprint density at radius 1 is 1.30 bits per heavy atom. The van der Waals surface area contributed by atoms with Crippen LogP contribution in [0.1, 0.15) is 26.7 Å². The van der Waals surface area contributed by atoms with Gasteiger partial charge >= 0.3 is 0 Å². The summed E-state index contributed by atoms with van der Waals surface area (Å²) in [7, 11) is 0. The van der Waals surface area contributed by atoms with Gasteiger partial charge in [-0.25, -0.2) is 0 Å². The Morgan fingerprint density at radius 3 is 1.90 bits per heavy atom. The second kappa shape index (κ2) is 2.21. The molecule has 1 aliphatic carbocycles. The van der Waals surface area contributed by atoms with Gasteiger partial charge in [-0.15, -0.1) is 0 Å². The van der Waals surface area contributed by atoms with E-state index in [2.05, 4.69) is 13.8 Å². The van der Waals surface area contributed by atoms with Crippen LogP contribution in [0, 0.1) is 10.8 Å². The van der Waals surface area contributed by atoms with Crippen LogP contribution in [0.2, 0.25) is 0 Å². The molecule has 0 heterocycles. The fraction of sp³-hybridized carbons (Fsp3) is 1.00. The molecule has 10 heavy (non-hydrogen) atoms. The van der Waals surface area contributed by atoms with E-state index in [1.165, 1.54) is 12.8 Å². The molecule has 1 aliphatic rings. The monoisotopic (exact) mass is 142 g/mol. The second-order valence-electron chi connectivity index (χ2n) is 4.07. The van der Waals surface area contributed by atoms with Crippen LogP contribution in [0.25, 0.3) is 0 Å². The van der Waals surface area contributed by atoms with Crippen LogP contribution in [0.15, 0.2) is 0 Å². The largest absolute Gasteiger partial charge is 0.330 e. The summed E-state index contributed by atoms with van der Waals surface area (Å²) in [6, 6.07) is 0. The fourth-order valence-corrected chi connectivity index (χ4v) is 1.52. The Kier molecular flexibility index (Phi) is 1.77. The van der Waals surface area contributed by atoms with Gasteiger partial charge in [-0.1, -0.05) is 13.8 Å². The molecule has 0 aromatic rings. The Bertz CT molecular complexity index is 121. The molecule has 0 aromatic heterocycles. The molecule has 1 saturated carbocycles. The number of hydrogen-bond donors (Lipinski definition) is 2. The topological polar surface area (TPSA) is 52.0 Å². The first kappa shape index (κ1) is 8.02. The van der Waals surface area contributed by atoms with Gasteiger partial charge in [-0.05, 0) is 36.8 Å². The Morgan fingerprint density at radius 2 is 1.80 bits per heavy atom. The molecule has 0 saturated heterocycles. The highest BCUT2D eigenvalue weighted by Crippen LogP contribution is 2.57. The lowest BCUT2D eigenvalue weighted by Crippen LogP contribution is -2.38. The molecule has 0 aromatic carbocycles. The maximum atomic E-state index is 5.67. The molecule has 1 fully saturated rings. The fourth-order valence-electron chi connectivity index (χ4n) is 1.52. The van der Waals surface area contributed by atoms with Gasteiger partial charge in [-0.3, -0.25) is 0 Å². The SMILES string of the molecule is CC(C)(CN)C1(CN)CC1. The van der Waals surface area contributed by atoms with Crippen molar-refractivity contribution in [2.24, 2.45) is 22.3 Å². The van der Waals surface area contributed by atoms with Crippen molar-refractivity contribution in [3.63, 3.8) is 0 Å². The van der Waals surface area contributed by atoms with Gasteiger partial charge in [0, 0.05) is 0 Å². The first-order valence-corrected chi connectivity index (χ1v) is 3.98. The van der Waals surface area contributed by atoms with Crippen LogP contribution in [-0.4, -0.2) is 13.1 Å². The third kappa shape index (κ3) is 0.956. The van der Waals surface area contributed by atoms with Crippen molar-refractivity contribution in [2.45, 2.75) is 26.7 Å². The third-order valence-electron chi connectivity index (χ3n) is 3.19. The van der Waals surface area contributed by atoms with Crippen molar-refractivity contribution in [3.05, 3.63) is 0 Å². The molecule has 0 amide bonds. The molecule has 0 spiro atoms. The van der Waals surface area contributed by atoms with Crippen molar-refractivity contribution < 1.29 is 0 Å². The average molecular weight is 142 g/mol.